The standard InChI is InChI=1S/C19H25ClN4O2S/c1-21-19(23-11-10-15-6-8-18(20)9-7-15)24-13-16-4-3-5-17(12-16)14-27(25,26)22-2/h3-9,12,22H,10-11,13-14H2,1-2H3,(H2,21,23,24). The highest BCUT2D eigenvalue weighted by molar-refractivity contribution is 7.88. The topological polar surface area (TPSA) is 82.6 Å². The van der Waals surface area contributed by atoms with Crippen molar-refractivity contribution < 1.29 is 8.42 Å². The molecule has 3 N–H and O–H groups in total. The van der Waals surface area contributed by atoms with Gasteiger partial charge in [0.25, 0.3) is 0 Å². The third kappa shape index (κ3) is 7.58. The molecule has 0 bridgehead atoms. The maximum absolute atomic E-state index is 11.7. The Balaban J connectivity index is 1.84. The molecule has 0 saturated carbocycles. The van der Waals surface area contributed by atoms with Crippen molar-refractivity contribution in [3.63, 3.8) is 0 Å². The number of aliphatic imine (C=N–C) groups is 1. The average molecular weight is 409 g/mol. The summed E-state index contributed by atoms with van der Waals surface area (Å²) in [6.07, 6.45) is 0.856. The first-order chi connectivity index (χ1) is 12.9. The summed E-state index contributed by atoms with van der Waals surface area (Å²) in [5.74, 6) is 0.656. The monoisotopic (exact) mass is 408 g/mol. The average Bonchev–Trinajstić information content (AvgIpc) is 2.66. The number of hydrogen-bond donors (Lipinski definition) is 3. The quantitative estimate of drug-likeness (QED) is 0.462. The minimum absolute atomic E-state index is 0.0363. The van der Waals surface area contributed by atoms with E-state index in [1.54, 1.807) is 13.1 Å². The number of rotatable bonds is 8. The number of nitrogens with zero attached hydrogens (tertiary/aromatic N) is 1. The maximum atomic E-state index is 11.7. The van der Waals surface area contributed by atoms with E-state index < -0.39 is 10.0 Å². The van der Waals surface area contributed by atoms with Crippen LogP contribution in [-0.4, -0.2) is 35.0 Å². The lowest BCUT2D eigenvalue weighted by Gasteiger charge is -2.13. The maximum Gasteiger partial charge on any atom is 0.215 e. The van der Waals surface area contributed by atoms with E-state index in [1.807, 2.05) is 42.5 Å². The third-order valence-electron chi connectivity index (χ3n) is 3.96. The lowest BCUT2D eigenvalue weighted by atomic mass is 10.1. The van der Waals surface area contributed by atoms with E-state index in [0.29, 0.717) is 12.5 Å². The molecule has 0 fully saturated rings. The van der Waals surface area contributed by atoms with Gasteiger partial charge in [0.1, 0.15) is 0 Å². The van der Waals surface area contributed by atoms with Gasteiger partial charge in [-0.1, -0.05) is 48.0 Å². The number of sulfonamides is 1. The number of halogens is 1. The zero-order valence-electron chi connectivity index (χ0n) is 15.5. The molecular weight excluding hydrogens is 384 g/mol. The summed E-state index contributed by atoms with van der Waals surface area (Å²) in [7, 11) is -0.148. The number of guanidine groups is 1. The molecule has 0 heterocycles. The van der Waals surface area contributed by atoms with Gasteiger partial charge in [-0.2, -0.15) is 0 Å². The second kappa shape index (κ2) is 10.3. The first-order valence-corrected chi connectivity index (χ1v) is 10.6. The fourth-order valence-electron chi connectivity index (χ4n) is 2.50. The van der Waals surface area contributed by atoms with Gasteiger partial charge in [-0.15, -0.1) is 0 Å². The van der Waals surface area contributed by atoms with Crippen LogP contribution in [0.25, 0.3) is 0 Å². The van der Waals surface area contributed by atoms with E-state index in [0.717, 1.165) is 29.1 Å². The molecule has 0 saturated heterocycles. The SMILES string of the molecule is CN=C(NCCc1ccc(Cl)cc1)NCc1cccc(CS(=O)(=O)NC)c1. The summed E-state index contributed by atoms with van der Waals surface area (Å²) in [5.41, 5.74) is 2.93. The highest BCUT2D eigenvalue weighted by Gasteiger charge is 2.09. The van der Waals surface area contributed by atoms with Crippen LogP contribution in [0.2, 0.25) is 5.02 Å². The molecule has 0 spiro atoms. The Morgan fingerprint density at radius 2 is 1.74 bits per heavy atom. The molecule has 0 radical (unpaired) electrons. The van der Waals surface area contributed by atoms with Crippen molar-refractivity contribution >= 4 is 27.6 Å². The van der Waals surface area contributed by atoms with Gasteiger partial charge in [-0.3, -0.25) is 4.99 Å². The molecular formula is C19H25ClN4O2S. The summed E-state index contributed by atoms with van der Waals surface area (Å²) >= 11 is 5.89. The van der Waals surface area contributed by atoms with Gasteiger partial charge in [0.2, 0.25) is 10.0 Å². The van der Waals surface area contributed by atoms with Gasteiger partial charge in [0, 0.05) is 25.2 Å². The smallest absolute Gasteiger partial charge is 0.215 e. The van der Waals surface area contributed by atoms with Crippen molar-refractivity contribution in [1.29, 1.82) is 0 Å². The van der Waals surface area contributed by atoms with E-state index in [1.165, 1.54) is 12.6 Å². The van der Waals surface area contributed by atoms with Crippen LogP contribution >= 0.6 is 11.6 Å². The van der Waals surface area contributed by atoms with Crippen molar-refractivity contribution in [1.82, 2.24) is 15.4 Å². The van der Waals surface area contributed by atoms with Crippen molar-refractivity contribution in [2.24, 2.45) is 4.99 Å². The van der Waals surface area contributed by atoms with Crippen molar-refractivity contribution in [3.05, 3.63) is 70.2 Å². The summed E-state index contributed by atoms with van der Waals surface area (Å²) in [6.45, 7) is 1.29. The number of benzene rings is 2. The second-order valence-corrected chi connectivity index (χ2v) is 8.38. The zero-order chi connectivity index (χ0) is 19.7. The predicted molar refractivity (Wildman–Crippen MR) is 111 cm³/mol. The molecule has 0 aromatic heterocycles. The Bertz CT molecular complexity index is 868. The summed E-state index contributed by atoms with van der Waals surface area (Å²) in [5, 5.41) is 7.23. The van der Waals surface area contributed by atoms with Crippen molar-refractivity contribution in [2.75, 3.05) is 20.6 Å². The molecule has 8 heteroatoms. The Labute approximate surface area is 166 Å². The first-order valence-electron chi connectivity index (χ1n) is 8.60. The molecule has 0 aliphatic carbocycles. The number of nitrogens with one attached hydrogen (secondary N) is 3. The second-order valence-electron chi connectivity index (χ2n) is 6.01. The largest absolute Gasteiger partial charge is 0.356 e. The van der Waals surface area contributed by atoms with Gasteiger partial charge >= 0.3 is 0 Å². The minimum Gasteiger partial charge on any atom is -0.356 e. The first kappa shape index (κ1) is 21.2. The fourth-order valence-corrected chi connectivity index (χ4v) is 3.39. The van der Waals surface area contributed by atoms with E-state index in [9.17, 15) is 8.42 Å². The van der Waals surface area contributed by atoms with Gasteiger partial charge in [0.05, 0.1) is 5.75 Å². The van der Waals surface area contributed by atoms with Crippen LogP contribution in [0.5, 0.6) is 0 Å². The molecule has 2 aromatic rings. The van der Waals surface area contributed by atoms with Crippen LogP contribution < -0.4 is 15.4 Å². The van der Waals surface area contributed by atoms with Crippen LogP contribution in [0.1, 0.15) is 16.7 Å². The molecule has 0 amide bonds. The van der Waals surface area contributed by atoms with Gasteiger partial charge < -0.3 is 10.6 Å². The van der Waals surface area contributed by atoms with Crippen LogP contribution in [0.15, 0.2) is 53.5 Å². The van der Waals surface area contributed by atoms with Crippen molar-refractivity contribution in [3.8, 4) is 0 Å². The predicted octanol–water partition coefficient (Wildman–Crippen LogP) is 2.30. The molecule has 0 aliphatic heterocycles. The lowest BCUT2D eigenvalue weighted by Crippen LogP contribution is -2.37. The molecule has 27 heavy (non-hydrogen) atoms. The lowest BCUT2D eigenvalue weighted by molar-refractivity contribution is 0.587. The van der Waals surface area contributed by atoms with Crippen LogP contribution in [0.3, 0.4) is 0 Å². The van der Waals surface area contributed by atoms with E-state index in [-0.39, 0.29) is 5.75 Å². The van der Waals surface area contributed by atoms with Crippen molar-refractivity contribution in [2.45, 2.75) is 18.7 Å². The van der Waals surface area contributed by atoms with E-state index >= 15 is 0 Å². The normalized spacial score (nSPS) is 12.0. The molecule has 6 nitrogen and oxygen atoms in total. The van der Waals surface area contributed by atoms with Crippen LogP contribution in [0.4, 0.5) is 0 Å². The Kier molecular flexibility index (Phi) is 8.09. The third-order valence-corrected chi connectivity index (χ3v) is 5.55. The van der Waals surface area contributed by atoms with Crippen LogP contribution in [0, 0.1) is 0 Å². The van der Waals surface area contributed by atoms with E-state index in [4.69, 9.17) is 11.6 Å². The molecule has 0 unspecified atom stereocenters. The van der Waals surface area contributed by atoms with E-state index in [2.05, 4.69) is 20.3 Å². The highest BCUT2D eigenvalue weighted by Crippen LogP contribution is 2.10. The Hall–Kier alpha value is -2.09. The highest BCUT2D eigenvalue weighted by atomic mass is 35.5. The van der Waals surface area contributed by atoms with Gasteiger partial charge in [-0.05, 0) is 42.3 Å². The Morgan fingerprint density at radius 1 is 1.04 bits per heavy atom. The van der Waals surface area contributed by atoms with Gasteiger partial charge in [-0.25, -0.2) is 13.1 Å². The number of hydrogen-bond acceptors (Lipinski definition) is 3. The van der Waals surface area contributed by atoms with Crippen LogP contribution in [-0.2, 0) is 28.7 Å². The summed E-state index contributed by atoms with van der Waals surface area (Å²) in [6, 6.07) is 15.3. The molecule has 146 valence electrons. The molecule has 0 aliphatic rings. The molecule has 0 atom stereocenters. The van der Waals surface area contributed by atoms with Gasteiger partial charge in [0.15, 0.2) is 5.96 Å². The zero-order valence-corrected chi connectivity index (χ0v) is 17.1. The summed E-state index contributed by atoms with van der Waals surface area (Å²) < 4.78 is 25.7. The minimum atomic E-state index is -3.28. The Morgan fingerprint density at radius 3 is 2.41 bits per heavy atom. The molecule has 2 aromatic carbocycles. The molecule has 2 rings (SSSR count). The summed E-state index contributed by atoms with van der Waals surface area (Å²) in [4.78, 5) is 4.21. The fraction of sp³-hybridized carbons (Fsp3) is 0.316.